The smallest absolute Gasteiger partial charge is 0.256 e. The molecule has 2 rings (SSSR count). The Morgan fingerprint density at radius 2 is 1.83 bits per heavy atom. The molecule has 0 aromatic heterocycles. The van der Waals surface area contributed by atoms with E-state index >= 15 is 0 Å². The van der Waals surface area contributed by atoms with Gasteiger partial charge in [0.05, 0.1) is 16.8 Å². The standard InChI is InChI=1S/C18H18FIN2O2/c1-3-11(2)21-18(24)14-6-4-5-7-16(14)22-17(23)13-9-8-12(19)10-15(13)20/h4-11H,3H2,1-2H3,(H,21,24)(H,22,23). The van der Waals surface area contributed by atoms with Crippen LogP contribution in [0.3, 0.4) is 0 Å². The number of carbonyl (C=O) groups excluding carboxylic acids is 2. The van der Waals surface area contributed by atoms with Gasteiger partial charge in [0.15, 0.2) is 0 Å². The topological polar surface area (TPSA) is 58.2 Å². The Balaban J connectivity index is 2.23. The van der Waals surface area contributed by atoms with Crippen molar-refractivity contribution >= 4 is 40.1 Å². The number of carbonyl (C=O) groups is 2. The van der Waals surface area contributed by atoms with Crippen molar-refractivity contribution in [2.24, 2.45) is 0 Å². The minimum absolute atomic E-state index is 0.0410. The Hall–Kier alpha value is -1.96. The second-order valence-corrected chi connectivity index (χ2v) is 6.57. The van der Waals surface area contributed by atoms with Crippen LogP contribution >= 0.6 is 22.6 Å². The Labute approximate surface area is 154 Å². The van der Waals surface area contributed by atoms with Crippen LogP contribution in [0, 0.1) is 9.39 Å². The van der Waals surface area contributed by atoms with Gasteiger partial charge in [0.25, 0.3) is 11.8 Å². The van der Waals surface area contributed by atoms with E-state index in [0.29, 0.717) is 20.4 Å². The lowest BCUT2D eigenvalue weighted by molar-refractivity contribution is 0.0940. The van der Waals surface area contributed by atoms with E-state index in [1.807, 2.05) is 36.4 Å². The zero-order valence-corrected chi connectivity index (χ0v) is 15.6. The predicted octanol–water partition coefficient (Wildman–Crippen LogP) is 4.21. The number of nitrogens with one attached hydrogen (secondary N) is 2. The molecule has 2 aromatic carbocycles. The fraction of sp³-hybridized carbons (Fsp3) is 0.222. The average molecular weight is 440 g/mol. The molecule has 0 fully saturated rings. The third-order valence-corrected chi connectivity index (χ3v) is 4.48. The SMILES string of the molecule is CCC(C)NC(=O)c1ccccc1NC(=O)c1ccc(F)cc1I. The van der Waals surface area contributed by atoms with Crippen LogP contribution in [0.2, 0.25) is 0 Å². The highest BCUT2D eigenvalue weighted by atomic mass is 127. The first kappa shape index (κ1) is 18.4. The maximum absolute atomic E-state index is 13.2. The lowest BCUT2D eigenvalue weighted by atomic mass is 10.1. The van der Waals surface area contributed by atoms with Gasteiger partial charge in [-0.2, -0.15) is 0 Å². The second kappa shape index (κ2) is 8.23. The molecular formula is C18H18FIN2O2. The molecule has 24 heavy (non-hydrogen) atoms. The second-order valence-electron chi connectivity index (χ2n) is 5.41. The Morgan fingerprint density at radius 3 is 2.50 bits per heavy atom. The van der Waals surface area contributed by atoms with Crippen molar-refractivity contribution in [3.05, 3.63) is 63.0 Å². The number of amides is 2. The van der Waals surface area contributed by atoms with Gasteiger partial charge in [-0.3, -0.25) is 9.59 Å². The van der Waals surface area contributed by atoms with Crippen molar-refractivity contribution in [2.75, 3.05) is 5.32 Å². The molecule has 0 saturated heterocycles. The predicted molar refractivity (Wildman–Crippen MR) is 101 cm³/mol. The van der Waals surface area contributed by atoms with Gasteiger partial charge in [0.2, 0.25) is 0 Å². The largest absolute Gasteiger partial charge is 0.350 e. The molecule has 0 saturated carbocycles. The van der Waals surface area contributed by atoms with Gasteiger partial charge in [-0.1, -0.05) is 19.1 Å². The van der Waals surface area contributed by atoms with Crippen molar-refractivity contribution < 1.29 is 14.0 Å². The van der Waals surface area contributed by atoms with Gasteiger partial charge in [-0.25, -0.2) is 4.39 Å². The molecule has 6 heteroatoms. The van der Waals surface area contributed by atoms with Gasteiger partial charge in [0, 0.05) is 9.61 Å². The van der Waals surface area contributed by atoms with Crippen LogP contribution in [0.4, 0.5) is 10.1 Å². The normalized spacial score (nSPS) is 11.7. The van der Waals surface area contributed by atoms with E-state index in [9.17, 15) is 14.0 Å². The summed E-state index contributed by atoms with van der Waals surface area (Å²) in [5.74, 6) is -1.03. The van der Waals surface area contributed by atoms with Gasteiger partial charge < -0.3 is 10.6 Å². The molecule has 2 N–H and O–H groups in total. The lowest BCUT2D eigenvalue weighted by Crippen LogP contribution is -2.32. The molecular weight excluding hydrogens is 422 g/mol. The van der Waals surface area contributed by atoms with Crippen LogP contribution in [0.15, 0.2) is 42.5 Å². The van der Waals surface area contributed by atoms with E-state index in [0.717, 1.165) is 6.42 Å². The number of anilines is 1. The first-order chi connectivity index (χ1) is 11.4. The van der Waals surface area contributed by atoms with E-state index < -0.39 is 5.82 Å². The van der Waals surface area contributed by atoms with Gasteiger partial charge in [-0.05, 0) is 66.3 Å². The Kier molecular flexibility index (Phi) is 6.30. The molecule has 0 aliphatic rings. The van der Waals surface area contributed by atoms with Crippen molar-refractivity contribution in [3.63, 3.8) is 0 Å². The van der Waals surface area contributed by atoms with Gasteiger partial charge in [-0.15, -0.1) is 0 Å². The van der Waals surface area contributed by atoms with E-state index in [1.54, 1.807) is 24.3 Å². The van der Waals surface area contributed by atoms with Crippen LogP contribution in [-0.4, -0.2) is 17.9 Å². The molecule has 0 aliphatic heterocycles. The zero-order chi connectivity index (χ0) is 17.7. The first-order valence-electron chi connectivity index (χ1n) is 7.58. The van der Waals surface area contributed by atoms with Crippen LogP contribution in [0.25, 0.3) is 0 Å². The van der Waals surface area contributed by atoms with Crippen LogP contribution in [-0.2, 0) is 0 Å². The minimum atomic E-state index is -0.399. The number of hydrogen-bond donors (Lipinski definition) is 2. The van der Waals surface area contributed by atoms with Crippen molar-refractivity contribution in [1.82, 2.24) is 5.32 Å². The number of para-hydroxylation sites is 1. The number of hydrogen-bond acceptors (Lipinski definition) is 2. The van der Waals surface area contributed by atoms with Crippen molar-refractivity contribution in [3.8, 4) is 0 Å². The highest BCUT2D eigenvalue weighted by molar-refractivity contribution is 14.1. The summed E-state index contributed by atoms with van der Waals surface area (Å²) in [4.78, 5) is 24.8. The minimum Gasteiger partial charge on any atom is -0.350 e. The first-order valence-corrected chi connectivity index (χ1v) is 8.66. The molecule has 0 aliphatic carbocycles. The highest BCUT2D eigenvalue weighted by Crippen LogP contribution is 2.19. The lowest BCUT2D eigenvalue weighted by Gasteiger charge is -2.15. The molecule has 1 unspecified atom stereocenters. The van der Waals surface area contributed by atoms with E-state index in [2.05, 4.69) is 10.6 Å². The van der Waals surface area contributed by atoms with Gasteiger partial charge in [0.1, 0.15) is 5.82 Å². The summed E-state index contributed by atoms with van der Waals surface area (Å²) < 4.78 is 13.7. The fourth-order valence-electron chi connectivity index (χ4n) is 2.06. The molecule has 0 bridgehead atoms. The molecule has 126 valence electrons. The van der Waals surface area contributed by atoms with Crippen molar-refractivity contribution in [1.29, 1.82) is 0 Å². The monoisotopic (exact) mass is 440 g/mol. The van der Waals surface area contributed by atoms with E-state index in [-0.39, 0.29) is 17.9 Å². The molecule has 2 amide bonds. The number of rotatable bonds is 5. The molecule has 0 spiro atoms. The van der Waals surface area contributed by atoms with Crippen LogP contribution in [0.5, 0.6) is 0 Å². The molecule has 0 heterocycles. The summed E-state index contributed by atoms with van der Waals surface area (Å²) in [5.41, 5.74) is 1.17. The molecule has 0 radical (unpaired) electrons. The third kappa shape index (κ3) is 4.53. The Morgan fingerprint density at radius 1 is 1.12 bits per heavy atom. The summed E-state index contributed by atoms with van der Waals surface area (Å²) in [7, 11) is 0. The van der Waals surface area contributed by atoms with Gasteiger partial charge >= 0.3 is 0 Å². The summed E-state index contributed by atoms with van der Waals surface area (Å²) in [6.07, 6.45) is 0.814. The maximum Gasteiger partial charge on any atom is 0.256 e. The Bertz CT molecular complexity index is 764. The fourth-order valence-corrected chi connectivity index (χ4v) is 2.78. The van der Waals surface area contributed by atoms with E-state index in [1.165, 1.54) is 18.2 Å². The number of halogens is 2. The molecule has 2 aromatic rings. The maximum atomic E-state index is 13.2. The van der Waals surface area contributed by atoms with E-state index in [4.69, 9.17) is 0 Å². The third-order valence-electron chi connectivity index (χ3n) is 3.59. The quantitative estimate of drug-likeness (QED) is 0.685. The summed E-state index contributed by atoms with van der Waals surface area (Å²) >= 11 is 1.91. The average Bonchev–Trinajstić information content (AvgIpc) is 2.54. The highest BCUT2D eigenvalue weighted by Gasteiger charge is 2.16. The summed E-state index contributed by atoms with van der Waals surface area (Å²) in [6.45, 7) is 3.90. The number of benzene rings is 2. The molecule has 4 nitrogen and oxygen atoms in total. The summed E-state index contributed by atoms with van der Waals surface area (Å²) in [5, 5.41) is 5.61. The van der Waals surface area contributed by atoms with Crippen molar-refractivity contribution in [2.45, 2.75) is 26.3 Å². The van der Waals surface area contributed by atoms with Crippen LogP contribution < -0.4 is 10.6 Å². The molecule has 1 atom stereocenters. The zero-order valence-electron chi connectivity index (χ0n) is 13.4. The summed E-state index contributed by atoms with van der Waals surface area (Å²) in [6, 6.07) is 10.8. The van der Waals surface area contributed by atoms with Crippen LogP contribution in [0.1, 0.15) is 41.0 Å².